The lowest BCUT2D eigenvalue weighted by Crippen LogP contribution is -2.27. The number of H-pyrrole nitrogens is 1. The van der Waals surface area contributed by atoms with Gasteiger partial charge in [-0.2, -0.15) is 0 Å². The molecule has 0 radical (unpaired) electrons. The van der Waals surface area contributed by atoms with E-state index in [1.165, 1.54) is 4.31 Å². The highest BCUT2D eigenvalue weighted by atomic mass is 32.2. The van der Waals surface area contributed by atoms with Crippen molar-refractivity contribution in [2.75, 3.05) is 18.0 Å². The van der Waals surface area contributed by atoms with Crippen LogP contribution in [0.4, 0.5) is 5.69 Å². The number of carbonyl (C=O) groups is 1. The van der Waals surface area contributed by atoms with Gasteiger partial charge in [-0.1, -0.05) is 13.8 Å². The van der Waals surface area contributed by atoms with Crippen molar-refractivity contribution in [2.45, 2.75) is 45.4 Å². The number of fused-ring (bicyclic) bond motifs is 3. The number of nitrogens with one attached hydrogen (secondary N) is 1. The standard InChI is InChI=1S/C24H28N2O4S/c1-6-30-17-9-7-16(8-10-17)26(5)31(28,29)22-12-19-18(11-15(22)2)23-20(25-19)13-24(3,4)14-21(23)27/h7-12,25H,6,13-14H2,1-5H3. The monoisotopic (exact) mass is 440 g/mol. The summed E-state index contributed by atoms with van der Waals surface area (Å²) in [4.78, 5) is 16.3. The summed E-state index contributed by atoms with van der Waals surface area (Å²) in [5.74, 6) is 0.804. The van der Waals surface area contributed by atoms with Gasteiger partial charge in [0.15, 0.2) is 5.78 Å². The van der Waals surface area contributed by atoms with E-state index in [0.717, 1.165) is 17.5 Å². The van der Waals surface area contributed by atoms with Crippen LogP contribution in [-0.2, 0) is 16.4 Å². The second-order valence-corrected chi connectivity index (χ2v) is 10.9. The van der Waals surface area contributed by atoms with Crippen LogP contribution < -0.4 is 9.04 Å². The van der Waals surface area contributed by atoms with Crippen LogP contribution in [-0.4, -0.2) is 32.8 Å². The van der Waals surface area contributed by atoms with Gasteiger partial charge in [-0.3, -0.25) is 9.10 Å². The number of anilines is 1. The molecule has 6 nitrogen and oxygen atoms in total. The van der Waals surface area contributed by atoms with E-state index in [0.29, 0.717) is 41.1 Å². The highest BCUT2D eigenvalue weighted by Gasteiger charge is 2.34. The van der Waals surface area contributed by atoms with E-state index in [9.17, 15) is 13.2 Å². The number of sulfonamides is 1. The molecule has 0 saturated carbocycles. The van der Waals surface area contributed by atoms with Gasteiger partial charge in [-0.25, -0.2) is 8.42 Å². The number of nitrogens with zero attached hydrogens (tertiary/aromatic N) is 1. The van der Waals surface area contributed by atoms with E-state index in [2.05, 4.69) is 18.8 Å². The van der Waals surface area contributed by atoms with Gasteiger partial charge in [0.2, 0.25) is 0 Å². The number of benzene rings is 2. The van der Waals surface area contributed by atoms with Crippen LogP contribution in [0.5, 0.6) is 5.75 Å². The number of ether oxygens (including phenoxy) is 1. The SMILES string of the molecule is CCOc1ccc(N(C)S(=O)(=O)c2cc3[nH]c4c(c3cc2C)C(=O)CC(C)(C)C4)cc1. The molecule has 0 amide bonds. The van der Waals surface area contributed by atoms with Crippen LogP contribution >= 0.6 is 0 Å². The Labute approximate surface area is 183 Å². The van der Waals surface area contributed by atoms with E-state index in [-0.39, 0.29) is 16.1 Å². The van der Waals surface area contributed by atoms with Crippen molar-refractivity contribution >= 4 is 32.4 Å². The molecular weight excluding hydrogens is 412 g/mol. The summed E-state index contributed by atoms with van der Waals surface area (Å²) in [5, 5.41) is 0.802. The normalized spacial score (nSPS) is 15.7. The summed E-state index contributed by atoms with van der Waals surface area (Å²) >= 11 is 0. The molecule has 4 rings (SSSR count). The largest absolute Gasteiger partial charge is 0.494 e. The minimum absolute atomic E-state index is 0.108. The molecule has 0 bridgehead atoms. The Balaban J connectivity index is 1.76. The first-order valence-electron chi connectivity index (χ1n) is 10.4. The number of hydrogen-bond donors (Lipinski definition) is 1. The summed E-state index contributed by atoms with van der Waals surface area (Å²) in [7, 11) is -2.25. The molecule has 2 aromatic carbocycles. The molecule has 3 aromatic rings. The van der Waals surface area contributed by atoms with Crippen LogP contribution in [0.1, 0.15) is 48.8 Å². The van der Waals surface area contributed by atoms with Gasteiger partial charge in [-0.15, -0.1) is 0 Å². The number of aromatic amines is 1. The number of aromatic nitrogens is 1. The zero-order chi connectivity index (χ0) is 22.6. The van der Waals surface area contributed by atoms with Crippen LogP contribution in [0.3, 0.4) is 0 Å². The first kappa shape index (κ1) is 21.4. The lowest BCUT2D eigenvalue weighted by atomic mass is 9.76. The van der Waals surface area contributed by atoms with Crippen molar-refractivity contribution < 1.29 is 17.9 Å². The molecule has 1 N–H and O–H groups in total. The average molecular weight is 441 g/mol. The van der Waals surface area contributed by atoms with E-state index >= 15 is 0 Å². The minimum atomic E-state index is -3.79. The molecule has 1 aromatic heterocycles. The second-order valence-electron chi connectivity index (χ2n) is 8.98. The molecule has 1 aliphatic carbocycles. The van der Waals surface area contributed by atoms with Crippen molar-refractivity contribution in [1.82, 2.24) is 4.98 Å². The zero-order valence-electron chi connectivity index (χ0n) is 18.6. The Morgan fingerprint density at radius 3 is 2.45 bits per heavy atom. The summed E-state index contributed by atoms with van der Waals surface area (Å²) < 4.78 is 33.6. The Hall–Kier alpha value is -2.80. The molecule has 1 aliphatic rings. The molecule has 0 spiro atoms. The molecule has 164 valence electrons. The molecule has 31 heavy (non-hydrogen) atoms. The Kier molecular flexibility index (Phi) is 5.12. The maximum Gasteiger partial charge on any atom is 0.264 e. The first-order valence-corrected chi connectivity index (χ1v) is 11.9. The van der Waals surface area contributed by atoms with Crippen molar-refractivity contribution in [1.29, 1.82) is 0 Å². The number of carbonyl (C=O) groups excluding carboxylic acids is 1. The maximum atomic E-state index is 13.4. The fraction of sp³-hybridized carbons (Fsp3) is 0.375. The lowest BCUT2D eigenvalue weighted by Gasteiger charge is -2.28. The summed E-state index contributed by atoms with van der Waals surface area (Å²) in [6, 6.07) is 10.4. The number of Topliss-reactive ketones (excluding diaryl/α,β-unsaturated/α-hetero) is 1. The van der Waals surface area contributed by atoms with Crippen LogP contribution in [0.2, 0.25) is 0 Å². The molecule has 0 aliphatic heterocycles. The summed E-state index contributed by atoms with van der Waals surface area (Å²) in [5.41, 5.74) is 3.34. The van der Waals surface area contributed by atoms with Crippen molar-refractivity contribution in [2.24, 2.45) is 5.41 Å². The topological polar surface area (TPSA) is 79.5 Å². The molecular formula is C24H28N2O4S. The van der Waals surface area contributed by atoms with Gasteiger partial charge < -0.3 is 9.72 Å². The van der Waals surface area contributed by atoms with E-state index < -0.39 is 10.0 Å². The third-order valence-corrected chi connectivity index (χ3v) is 7.82. The fourth-order valence-corrected chi connectivity index (χ4v) is 5.81. The van der Waals surface area contributed by atoms with Gasteiger partial charge in [0.05, 0.1) is 17.2 Å². The van der Waals surface area contributed by atoms with Gasteiger partial charge in [0, 0.05) is 35.6 Å². The Morgan fingerprint density at radius 2 is 1.81 bits per heavy atom. The van der Waals surface area contributed by atoms with Gasteiger partial charge in [-0.05, 0) is 67.6 Å². The van der Waals surface area contributed by atoms with Crippen molar-refractivity contribution in [3.05, 3.63) is 53.2 Å². The fourth-order valence-electron chi connectivity index (χ4n) is 4.38. The quantitative estimate of drug-likeness (QED) is 0.615. The van der Waals surface area contributed by atoms with Crippen LogP contribution in [0, 0.1) is 12.3 Å². The minimum Gasteiger partial charge on any atom is -0.494 e. The van der Waals surface area contributed by atoms with E-state index in [1.54, 1.807) is 44.3 Å². The number of hydrogen-bond acceptors (Lipinski definition) is 4. The highest BCUT2D eigenvalue weighted by molar-refractivity contribution is 7.92. The first-order chi connectivity index (χ1) is 14.5. The molecule has 0 fully saturated rings. The number of rotatable bonds is 5. The predicted octanol–water partition coefficient (Wildman–Crippen LogP) is 4.86. The predicted molar refractivity (Wildman–Crippen MR) is 123 cm³/mol. The zero-order valence-corrected chi connectivity index (χ0v) is 19.4. The Morgan fingerprint density at radius 1 is 1.13 bits per heavy atom. The molecule has 0 unspecified atom stereocenters. The third-order valence-electron chi connectivity index (χ3n) is 5.89. The second kappa shape index (κ2) is 7.41. The smallest absolute Gasteiger partial charge is 0.264 e. The van der Waals surface area contributed by atoms with Gasteiger partial charge in [0.1, 0.15) is 5.75 Å². The maximum absolute atomic E-state index is 13.4. The molecule has 0 atom stereocenters. The molecule has 0 saturated heterocycles. The number of aryl methyl sites for hydroxylation is 1. The summed E-state index contributed by atoms with van der Waals surface area (Å²) in [6.07, 6.45) is 1.25. The van der Waals surface area contributed by atoms with Crippen LogP contribution in [0.15, 0.2) is 41.3 Å². The van der Waals surface area contributed by atoms with Crippen LogP contribution in [0.25, 0.3) is 10.9 Å². The van der Waals surface area contributed by atoms with E-state index in [1.807, 2.05) is 13.0 Å². The van der Waals surface area contributed by atoms with Crippen molar-refractivity contribution in [3.63, 3.8) is 0 Å². The Bertz CT molecular complexity index is 1270. The molecule has 7 heteroatoms. The molecule has 1 heterocycles. The highest BCUT2D eigenvalue weighted by Crippen LogP contribution is 2.39. The summed E-state index contributed by atoms with van der Waals surface area (Å²) in [6.45, 7) is 8.37. The van der Waals surface area contributed by atoms with Gasteiger partial charge in [0.25, 0.3) is 10.0 Å². The van der Waals surface area contributed by atoms with Gasteiger partial charge >= 0.3 is 0 Å². The average Bonchev–Trinajstić information content (AvgIpc) is 3.03. The van der Waals surface area contributed by atoms with E-state index in [4.69, 9.17) is 4.74 Å². The lowest BCUT2D eigenvalue weighted by molar-refractivity contribution is 0.0913. The van der Waals surface area contributed by atoms with Crippen molar-refractivity contribution in [3.8, 4) is 5.75 Å². The number of ketones is 1. The third kappa shape index (κ3) is 3.71.